The van der Waals surface area contributed by atoms with Gasteiger partial charge in [-0.2, -0.15) is 0 Å². The Balaban J connectivity index is 1.77. The molecule has 1 aromatic heterocycles. The van der Waals surface area contributed by atoms with Gasteiger partial charge in [0.05, 0.1) is 0 Å². The lowest BCUT2D eigenvalue weighted by atomic mass is 9.93. The molecule has 1 aliphatic rings. The van der Waals surface area contributed by atoms with Gasteiger partial charge in [0.2, 0.25) is 0 Å². The summed E-state index contributed by atoms with van der Waals surface area (Å²) in [7, 11) is 0. The van der Waals surface area contributed by atoms with Gasteiger partial charge in [-0.15, -0.1) is 0 Å². The molecule has 1 saturated carbocycles. The molecule has 1 unspecified atom stereocenters. The standard InChI is InChI=1S/C17H18BrClN2/c18-13-5-6-15(21-11-13)9-12(10-20-14-7-8-14)16-3-1-2-4-17(16)19/h1-6,11-12,14,20H,7-10H2. The van der Waals surface area contributed by atoms with E-state index in [4.69, 9.17) is 11.6 Å². The molecule has 110 valence electrons. The minimum absolute atomic E-state index is 0.355. The maximum atomic E-state index is 6.39. The number of hydrogen-bond donors (Lipinski definition) is 1. The van der Waals surface area contributed by atoms with Crippen molar-refractivity contribution < 1.29 is 0 Å². The van der Waals surface area contributed by atoms with Gasteiger partial charge in [-0.05, 0) is 59.0 Å². The minimum Gasteiger partial charge on any atom is -0.313 e. The van der Waals surface area contributed by atoms with Crippen LogP contribution in [0.1, 0.15) is 30.0 Å². The Kier molecular flexibility index (Phi) is 4.94. The summed E-state index contributed by atoms with van der Waals surface area (Å²) in [4.78, 5) is 4.50. The third-order valence-corrected chi connectivity index (χ3v) is 4.63. The first-order valence-corrected chi connectivity index (χ1v) is 8.47. The van der Waals surface area contributed by atoms with Gasteiger partial charge in [-0.1, -0.05) is 29.8 Å². The molecule has 1 aromatic carbocycles. The lowest BCUT2D eigenvalue weighted by Gasteiger charge is -2.19. The quantitative estimate of drug-likeness (QED) is 0.810. The third-order valence-electron chi connectivity index (χ3n) is 3.82. The molecule has 1 heterocycles. The second kappa shape index (κ2) is 6.91. The second-order valence-corrected chi connectivity index (χ2v) is 6.90. The summed E-state index contributed by atoms with van der Waals surface area (Å²) in [6.45, 7) is 0.951. The van der Waals surface area contributed by atoms with E-state index < -0.39 is 0 Å². The van der Waals surface area contributed by atoms with Crippen molar-refractivity contribution in [1.82, 2.24) is 10.3 Å². The zero-order valence-corrected chi connectivity index (χ0v) is 14.1. The van der Waals surface area contributed by atoms with Crippen LogP contribution >= 0.6 is 27.5 Å². The van der Waals surface area contributed by atoms with Crippen molar-refractivity contribution in [3.8, 4) is 0 Å². The lowest BCUT2D eigenvalue weighted by Crippen LogP contribution is -2.25. The van der Waals surface area contributed by atoms with Crippen LogP contribution in [0.15, 0.2) is 47.1 Å². The number of halogens is 2. The Morgan fingerprint density at radius 1 is 1.24 bits per heavy atom. The Morgan fingerprint density at radius 3 is 2.71 bits per heavy atom. The maximum Gasteiger partial charge on any atom is 0.0441 e. The lowest BCUT2D eigenvalue weighted by molar-refractivity contribution is 0.572. The molecule has 0 aliphatic heterocycles. The third kappa shape index (κ3) is 4.29. The molecule has 0 amide bonds. The number of benzene rings is 1. The van der Waals surface area contributed by atoms with Crippen molar-refractivity contribution in [2.24, 2.45) is 0 Å². The van der Waals surface area contributed by atoms with Crippen molar-refractivity contribution in [3.63, 3.8) is 0 Å². The van der Waals surface area contributed by atoms with Crippen molar-refractivity contribution in [2.45, 2.75) is 31.2 Å². The zero-order valence-electron chi connectivity index (χ0n) is 11.7. The number of nitrogens with one attached hydrogen (secondary N) is 1. The highest BCUT2D eigenvalue weighted by molar-refractivity contribution is 9.10. The molecule has 2 nitrogen and oxygen atoms in total. The predicted octanol–water partition coefficient (Wildman–Crippen LogP) is 4.58. The molecule has 4 heteroatoms. The summed E-state index contributed by atoms with van der Waals surface area (Å²) in [5.74, 6) is 0.355. The van der Waals surface area contributed by atoms with E-state index in [1.165, 1.54) is 18.4 Å². The van der Waals surface area contributed by atoms with E-state index in [1.54, 1.807) is 0 Å². The molecular weight excluding hydrogens is 348 g/mol. The molecule has 2 aromatic rings. The largest absolute Gasteiger partial charge is 0.313 e. The average molecular weight is 366 g/mol. The highest BCUT2D eigenvalue weighted by Gasteiger charge is 2.23. The fourth-order valence-corrected chi connectivity index (χ4v) is 3.00. The first-order chi connectivity index (χ1) is 10.2. The summed E-state index contributed by atoms with van der Waals surface area (Å²) < 4.78 is 1.01. The first-order valence-electron chi connectivity index (χ1n) is 7.30. The average Bonchev–Trinajstić information content (AvgIpc) is 3.30. The number of pyridine rings is 1. The van der Waals surface area contributed by atoms with Gasteiger partial charge < -0.3 is 5.32 Å². The van der Waals surface area contributed by atoms with E-state index in [-0.39, 0.29) is 0 Å². The van der Waals surface area contributed by atoms with E-state index in [9.17, 15) is 0 Å². The van der Waals surface area contributed by atoms with Crippen molar-refractivity contribution in [2.75, 3.05) is 6.54 Å². The predicted molar refractivity (Wildman–Crippen MR) is 90.9 cm³/mol. The molecule has 0 spiro atoms. The van der Waals surface area contributed by atoms with Crippen LogP contribution in [0.25, 0.3) is 0 Å². The number of hydrogen-bond acceptors (Lipinski definition) is 2. The Bertz CT molecular complexity index is 596. The summed E-state index contributed by atoms with van der Waals surface area (Å²) in [6.07, 6.45) is 5.35. The van der Waals surface area contributed by atoms with E-state index in [0.717, 1.165) is 28.2 Å². The summed E-state index contributed by atoms with van der Waals surface area (Å²) >= 11 is 9.82. The van der Waals surface area contributed by atoms with Crippen LogP contribution in [0, 0.1) is 0 Å². The molecule has 1 aliphatic carbocycles. The summed E-state index contributed by atoms with van der Waals surface area (Å²) in [5, 5.41) is 4.46. The normalized spacial score (nSPS) is 15.9. The molecule has 0 bridgehead atoms. The Labute approximate surface area is 139 Å². The summed E-state index contributed by atoms with van der Waals surface area (Å²) in [6, 6.07) is 12.9. The maximum absolute atomic E-state index is 6.39. The smallest absolute Gasteiger partial charge is 0.0441 e. The zero-order chi connectivity index (χ0) is 14.7. The van der Waals surface area contributed by atoms with Gasteiger partial charge in [0.25, 0.3) is 0 Å². The highest BCUT2D eigenvalue weighted by Crippen LogP contribution is 2.28. The molecule has 3 rings (SSSR count). The van der Waals surface area contributed by atoms with Gasteiger partial charge in [-0.25, -0.2) is 0 Å². The number of nitrogens with zero attached hydrogens (tertiary/aromatic N) is 1. The topological polar surface area (TPSA) is 24.9 Å². The van der Waals surface area contributed by atoms with Crippen molar-refractivity contribution in [1.29, 1.82) is 0 Å². The molecule has 0 radical (unpaired) electrons. The molecule has 0 saturated heterocycles. The van der Waals surface area contributed by atoms with Crippen LogP contribution in [0.5, 0.6) is 0 Å². The highest BCUT2D eigenvalue weighted by atomic mass is 79.9. The van der Waals surface area contributed by atoms with Crippen LogP contribution in [-0.2, 0) is 6.42 Å². The number of rotatable bonds is 6. The van der Waals surface area contributed by atoms with Crippen LogP contribution < -0.4 is 5.32 Å². The van der Waals surface area contributed by atoms with Gasteiger partial charge >= 0.3 is 0 Å². The Hall–Kier alpha value is -0.900. The SMILES string of the molecule is Clc1ccccc1C(CNC1CC1)Cc1ccc(Br)cn1. The van der Waals surface area contributed by atoms with E-state index in [0.29, 0.717) is 12.0 Å². The van der Waals surface area contributed by atoms with Crippen LogP contribution in [0.3, 0.4) is 0 Å². The molecule has 1 fully saturated rings. The monoisotopic (exact) mass is 364 g/mol. The van der Waals surface area contributed by atoms with Crippen LogP contribution in [0.4, 0.5) is 0 Å². The molecule has 1 N–H and O–H groups in total. The van der Waals surface area contributed by atoms with Crippen molar-refractivity contribution in [3.05, 3.63) is 63.3 Å². The molecular formula is C17H18BrClN2. The van der Waals surface area contributed by atoms with Crippen LogP contribution in [0.2, 0.25) is 5.02 Å². The van der Waals surface area contributed by atoms with E-state index in [2.05, 4.69) is 44.4 Å². The number of aromatic nitrogens is 1. The van der Waals surface area contributed by atoms with Crippen molar-refractivity contribution >= 4 is 27.5 Å². The molecule has 21 heavy (non-hydrogen) atoms. The van der Waals surface area contributed by atoms with Gasteiger partial charge in [0, 0.05) is 39.9 Å². The van der Waals surface area contributed by atoms with Gasteiger partial charge in [0.1, 0.15) is 0 Å². The van der Waals surface area contributed by atoms with Gasteiger partial charge in [0.15, 0.2) is 0 Å². The van der Waals surface area contributed by atoms with E-state index >= 15 is 0 Å². The first kappa shape index (κ1) is 15.0. The fourth-order valence-electron chi connectivity index (χ4n) is 2.47. The minimum atomic E-state index is 0.355. The van der Waals surface area contributed by atoms with Crippen LogP contribution in [-0.4, -0.2) is 17.6 Å². The second-order valence-electron chi connectivity index (χ2n) is 5.57. The van der Waals surface area contributed by atoms with E-state index in [1.807, 2.05) is 24.4 Å². The molecule has 1 atom stereocenters. The van der Waals surface area contributed by atoms with Gasteiger partial charge in [-0.3, -0.25) is 4.98 Å². The summed E-state index contributed by atoms with van der Waals surface area (Å²) in [5.41, 5.74) is 2.30. The Morgan fingerprint density at radius 2 is 2.05 bits per heavy atom. The fraction of sp³-hybridized carbons (Fsp3) is 0.353.